The topological polar surface area (TPSA) is 91.4 Å². The Morgan fingerprint density at radius 2 is 1.71 bits per heavy atom. The second kappa shape index (κ2) is 12.2. The summed E-state index contributed by atoms with van der Waals surface area (Å²) in [5, 5.41) is 3.20. The molecule has 1 atom stereocenters. The van der Waals surface area contributed by atoms with Gasteiger partial charge >= 0.3 is 6.18 Å². The Morgan fingerprint density at radius 1 is 1.07 bits per heavy atom. The van der Waals surface area contributed by atoms with Crippen LogP contribution in [0.3, 0.4) is 0 Å². The van der Waals surface area contributed by atoms with Crippen LogP contribution in [0.1, 0.15) is 48.1 Å². The summed E-state index contributed by atoms with van der Waals surface area (Å²) in [5.41, 5.74) is -0.168. The standard InChI is InChI=1S/C28H29ClF4N4O3S/c1-17-11-13-37(14-12-17)26-20(6-10-24(35-26)28(31,32)33)16-34-27(38)25(18-3-7-21(29)8-4-18)19-5-9-23(22(30)15-19)36-41(2,39)40/h3-10,15,17,25,36H,11-14,16H2,1-2H3,(H,34,38). The lowest BCUT2D eigenvalue weighted by atomic mass is 9.90. The molecule has 1 aliphatic heterocycles. The van der Waals surface area contributed by atoms with Gasteiger partial charge in [-0.25, -0.2) is 17.8 Å². The van der Waals surface area contributed by atoms with E-state index in [0.717, 1.165) is 31.2 Å². The van der Waals surface area contributed by atoms with E-state index in [9.17, 15) is 30.8 Å². The first-order valence-electron chi connectivity index (χ1n) is 12.8. The van der Waals surface area contributed by atoms with Gasteiger partial charge in [0.1, 0.15) is 17.3 Å². The quantitative estimate of drug-likeness (QED) is 0.307. The minimum Gasteiger partial charge on any atom is -0.356 e. The summed E-state index contributed by atoms with van der Waals surface area (Å²) in [6.45, 7) is 3.04. The highest BCUT2D eigenvalue weighted by molar-refractivity contribution is 7.92. The Morgan fingerprint density at radius 3 is 2.29 bits per heavy atom. The zero-order chi connectivity index (χ0) is 29.9. The molecule has 7 nitrogen and oxygen atoms in total. The molecule has 1 aliphatic rings. The second-order valence-electron chi connectivity index (χ2n) is 10.2. The van der Waals surface area contributed by atoms with Gasteiger partial charge in [-0.1, -0.05) is 42.8 Å². The minimum absolute atomic E-state index is 0.119. The van der Waals surface area contributed by atoms with Crippen molar-refractivity contribution < 1.29 is 30.8 Å². The Kier molecular flexibility index (Phi) is 9.13. The number of pyridine rings is 1. The number of benzene rings is 2. The number of carbonyl (C=O) groups excluding carboxylic acids is 1. The van der Waals surface area contributed by atoms with Gasteiger partial charge < -0.3 is 10.2 Å². The highest BCUT2D eigenvalue weighted by Crippen LogP contribution is 2.33. The first kappa shape index (κ1) is 30.6. The van der Waals surface area contributed by atoms with Crippen LogP contribution in [-0.4, -0.2) is 38.7 Å². The van der Waals surface area contributed by atoms with Crippen molar-refractivity contribution >= 4 is 39.0 Å². The Balaban J connectivity index is 1.64. The second-order valence-corrected chi connectivity index (χ2v) is 12.3. The molecule has 1 saturated heterocycles. The van der Waals surface area contributed by atoms with Crippen LogP contribution in [-0.2, 0) is 27.5 Å². The maximum Gasteiger partial charge on any atom is 0.433 e. The van der Waals surface area contributed by atoms with Gasteiger partial charge in [0, 0.05) is 30.2 Å². The molecule has 220 valence electrons. The summed E-state index contributed by atoms with van der Waals surface area (Å²) in [5.74, 6) is -1.85. The summed E-state index contributed by atoms with van der Waals surface area (Å²) < 4.78 is 80.5. The van der Waals surface area contributed by atoms with E-state index in [2.05, 4.69) is 21.9 Å². The fraction of sp³-hybridized carbons (Fsp3) is 0.357. The van der Waals surface area contributed by atoms with Crippen LogP contribution in [0.15, 0.2) is 54.6 Å². The van der Waals surface area contributed by atoms with E-state index >= 15 is 0 Å². The lowest BCUT2D eigenvalue weighted by Gasteiger charge is -2.33. The van der Waals surface area contributed by atoms with E-state index in [1.54, 1.807) is 29.2 Å². The summed E-state index contributed by atoms with van der Waals surface area (Å²) in [6, 6.07) is 12.3. The first-order chi connectivity index (χ1) is 19.2. The third-order valence-corrected chi connectivity index (χ3v) is 7.71. The van der Waals surface area contributed by atoms with E-state index in [-0.39, 0.29) is 23.6 Å². The number of anilines is 2. The fourth-order valence-corrected chi connectivity index (χ4v) is 5.39. The Bertz CT molecular complexity index is 1510. The molecular weight excluding hydrogens is 584 g/mol. The number of nitrogens with one attached hydrogen (secondary N) is 2. The molecule has 13 heteroatoms. The highest BCUT2D eigenvalue weighted by atomic mass is 35.5. The molecule has 2 heterocycles. The van der Waals surface area contributed by atoms with Crippen molar-refractivity contribution in [3.05, 3.63) is 87.8 Å². The molecule has 41 heavy (non-hydrogen) atoms. The number of hydrogen-bond donors (Lipinski definition) is 2. The zero-order valence-corrected chi connectivity index (χ0v) is 23.9. The van der Waals surface area contributed by atoms with Crippen molar-refractivity contribution in [2.24, 2.45) is 5.92 Å². The third kappa shape index (κ3) is 7.88. The molecule has 0 saturated carbocycles. The molecule has 0 spiro atoms. The van der Waals surface area contributed by atoms with Crippen molar-refractivity contribution in [2.75, 3.05) is 29.0 Å². The van der Waals surface area contributed by atoms with Crippen LogP contribution in [0.5, 0.6) is 0 Å². The Labute approximate surface area is 241 Å². The van der Waals surface area contributed by atoms with Crippen molar-refractivity contribution in [1.82, 2.24) is 10.3 Å². The largest absolute Gasteiger partial charge is 0.433 e. The average molecular weight is 613 g/mol. The van der Waals surface area contributed by atoms with Crippen LogP contribution in [0.4, 0.5) is 29.1 Å². The normalized spacial score (nSPS) is 15.4. The average Bonchev–Trinajstić information content (AvgIpc) is 2.89. The molecule has 0 aliphatic carbocycles. The lowest BCUT2D eigenvalue weighted by molar-refractivity contribution is -0.141. The molecule has 1 fully saturated rings. The summed E-state index contributed by atoms with van der Waals surface area (Å²) >= 11 is 6.02. The lowest BCUT2D eigenvalue weighted by Crippen LogP contribution is -2.36. The SMILES string of the molecule is CC1CCN(c2nc(C(F)(F)F)ccc2CNC(=O)C(c2ccc(Cl)cc2)c2ccc(NS(C)(=O)=O)c(F)c2)CC1. The molecule has 1 unspecified atom stereocenters. The number of carbonyl (C=O) groups is 1. The molecule has 3 aromatic rings. The van der Waals surface area contributed by atoms with Crippen LogP contribution < -0.4 is 14.9 Å². The summed E-state index contributed by atoms with van der Waals surface area (Å²) in [4.78, 5) is 19.3. The number of rotatable bonds is 8. The van der Waals surface area contributed by atoms with E-state index < -0.39 is 39.5 Å². The molecule has 1 aromatic heterocycles. The van der Waals surface area contributed by atoms with Crippen LogP contribution in [0, 0.1) is 11.7 Å². The summed E-state index contributed by atoms with van der Waals surface area (Å²) in [7, 11) is -3.74. The third-order valence-electron chi connectivity index (χ3n) is 6.87. The fourth-order valence-electron chi connectivity index (χ4n) is 4.70. The van der Waals surface area contributed by atoms with Gasteiger partial charge in [-0.2, -0.15) is 13.2 Å². The van der Waals surface area contributed by atoms with Gasteiger partial charge in [-0.3, -0.25) is 9.52 Å². The predicted octanol–water partition coefficient (Wildman–Crippen LogP) is 5.95. The first-order valence-corrected chi connectivity index (χ1v) is 15.1. The van der Waals surface area contributed by atoms with E-state index in [1.165, 1.54) is 18.2 Å². The van der Waals surface area contributed by atoms with Crippen molar-refractivity contribution in [3.63, 3.8) is 0 Å². The number of halogens is 5. The highest BCUT2D eigenvalue weighted by Gasteiger charge is 2.34. The maximum absolute atomic E-state index is 14.9. The number of amides is 1. The van der Waals surface area contributed by atoms with Gasteiger partial charge in [0.05, 0.1) is 17.9 Å². The van der Waals surface area contributed by atoms with Gasteiger partial charge in [-0.05, 0) is 60.2 Å². The number of piperidine rings is 1. The van der Waals surface area contributed by atoms with Crippen molar-refractivity contribution in [3.8, 4) is 0 Å². The van der Waals surface area contributed by atoms with Crippen LogP contribution in [0.2, 0.25) is 5.02 Å². The van der Waals surface area contributed by atoms with Gasteiger partial charge in [0.2, 0.25) is 15.9 Å². The number of alkyl halides is 3. The molecule has 2 N–H and O–H groups in total. The predicted molar refractivity (Wildman–Crippen MR) is 150 cm³/mol. The van der Waals surface area contributed by atoms with Crippen molar-refractivity contribution in [1.29, 1.82) is 0 Å². The minimum atomic E-state index is -4.62. The monoisotopic (exact) mass is 612 g/mol. The molecule has 4 rings (SSSR count). The van der Waals surface area contributed by atoms with Gasteiger partial charge in [0.25, 0.3) is 0 Å². The number of nitrogens with zero attached hydrogens (tertiary/aromatic N) is 2. The molecule has 2 aromatic carbocycles. The van der Waals surface area contributed by atoms with E-state index in [0.29, 0.717) is 35.2 Å². The molecule has 0 radical (unpaired) electrons. The molecule has 1 amide bonds. The number of sulfonamides is 1. The van der Waals surface area contributed by atoms with E-state index in [1.807, 2.05) is 0 Å². The zero-order valence-electron chi connectivity index (χ0n) is 22.3. The smallest absolute Gasteiger partial charge is 0.356 e. The summed E-state index contributed by atoms with van der Waals surface area (Å²) in [6.07, 6.45) is -2.13. The number of aromatic nitrogens is 1. The Hall–Kier alpha value is -3.38. The van der Waals surface area contributed by atoms with Crippen molar-refractivity contribution in [2.45, 2.75) is 38.4 Å². The molecular formula is C28H29ClF4N4O3S. The molecule has 0 bridgehead atoms. The maximum atomic E-state index is 14.9. The van der Waals surface area contributed by atoms with E-state index in [4.69, 9.17) is 11.6 Å². The van der Waals surface area contributed by atoms with Crippen LogP contribution in [0.25, 0.3) is 0 Å². The van der Waals surface area contributed by atoms with Gasteiger partial charge in [0.15, 0.2) is 0 Å². The van der Waals surface area contributed by atoms with Crippen LogP contribution >= 0.6 is 11.6 Å². The number of hydrogen-bond acceptors (Lipinski definition) is 5. The van der Waals surface area contributed by atoms with Gasteiger partial charge in [-0.15, -0.1) is 0 Å².